The number of aromatic nitrogens is 2. The third kappa shape index (κ3) is 5.02. The Labute approximate surface area is 208 Å². The molecule has 0 aliphatic carbocycles. The number of halogens is 1. The number of ether oxygens (including phenoxy) is 2. The molecule has 1 aliphatic rings. The van der Waals surface area contributed by atoms with Crippen LogP contribution in [0.25, 0.3) is 5.76 Å². The fourth-order valence-corrected chi connectivity index (χ4v) is 4.40. The summed E-state index contributed by atoms with van der Waals surface area (Å²) in [5.74, 6) is -0.571. The fourth-order valence-electron chi connectivity index (χ4n) is 4.16. The highest BCUT2D eigenvalue weighted by Crippen LogP contribution is 2.40. The van der Waals surface area contributed by atoms with Crippen LogP contribution in [0.3, 0.4) is 0 Å². The summed E-state index contributed by atoms with van der Waals surface area (Å²) >= 11 is 6.31. The molecule has 3 aromatic rings. The van der Waals surface area contributed by atoms with Crippen molar-refractivity contribution in [2.45, 2.75) is 25.9 Å². The first-order chi connectivity index (χ1) is 16.9. The van der Waals surface area contributed by atoms with E-state index >= 15 is 0 Å². The lowest BCUT2D eigenvalue weighted by atomic mass is 9.95. The number of hydrogen-bond acceptors (Lipinski definition) is 6. The number of benzene rings is 2. The van der Waals surface area contributed by atoms with Gasteiger partial charge in [0.25, 0.3) is 11.7 Å². The van der Waals surface area contributed by atoms with Crippen LogP contribution in [0, 0.1) is 0 Å². The fraction of sp³-hybridized carbons (Fsp3) is 0.269. The van der Waals surface area contributed by atoms with E-state index in [2.05, 4.69) is 4.98 Å². The van der Waals surface area contributed by atoms with Crippen LogP contribution in [0.5, 0.6) is 11.5 Å². The summed E-state index contributed by atoms with van der Waals surface area (Å²) < 4.78 is 12.6. The Balaban J connectivity index is 1.73. The number of nitrogens with zero attached hydrogens (tertiary/aromatic N) is 3. The summed E-state index contributed by atoms with van der Waals surface area (Å²) in [6.45, 7) is 3.23. The lowest BCUT2D eigenvalue weighted by Gasteiger charge is -2.25. The van der Waals surface area contributed by atoms with Gasteiger partial charge >= 0.3 is 0 Å². The second-order valence-corrected chi connectivity index (χ2v) is 8.41. The van der Waals surface area contributed by atoms with E-state index < -0.39 is 17.7 Å². The predicted molar refractivity (Wildman–Crippen MR) is 131 cm³/mol. The largest absolute Gasteiger partial charge is 0.507 e. The van der Waals surface area contributed by atoms with Crippen LogP contribution in [0.4, 0.5) is 0 Å². The summed E-state index contributed by atoms with van der Waals surface area (Å²) in [6.07, 6.45) is 5.83. The molecule has 1 unspecified atom stereocenters. The Morgan fingerprint density at radius 1 is 1.14 bits per heavy atom. The van der Waals surface area contributed by atoms with Crippen molar-refractivity contribution in [1.82, 2.24) is 14.5 Å². The monoisotopic (exact) mass is 495 g/mol. The van der Waals surface area contributed by atoms with Gasteiger partial charge < -0.3 is 24.0 Å². The lowest BCUT2D eigenvalue weighted by Crippen LogP contribution is -2.31. The van der Waals surface area contributed by atoms with Gasteiger partial charge in [-0.05, 0) is 49.2 Å². The molecule has 1 aliphatic heterocycles. The average Bonchev–Trinajstić information content (AvgIpc) is 3.47. The molecule has 1 aromatic heterocycles. The van der Waals surface area contributed by atoms with E-state index in [-0.39, 0.29) is 11.3 Å². The Morgan fingerprint density at radius 2 is 1.91 bits per heavy atom. The van der Waals surface area contributed by atoms with Gasteiger partial charge in [0.1, 0.15) is 17.3 Å². The number of methoxy groups -OCH3 is 1. The zero-order chi connectivity index (χ0) is 24.9. The highest BCUT2D eigenvalue weighted by atomic mass is 35.5. The zero-order valence-electron chi connectivity index (χ0n) is 19.5. The van der Waals surface area contributed by atoms with Crippen molar-refractivity contribution < 1.29 is 24.2 Å². The molecule has 2 aromatic carbocycles. The number of rotatable bonds is 9. The van der Waals surface area contributed by atoms with Crippen LogP contribution in [0.15, 0.2) is 66.8 Å². The number of aliphatic hydroxyl groups is 1. The van der Waals surface area contributed by atoms with E-state index in [0.29, 0.717) is 53.8 Å². The third-order valence-electron chi connectivity index (χ3n) is 5.85. The molecule has 4 rings (SSSR count). The van der Waals surface area contributed by atoms with Crippen LogP contribution in [-0.2, 0) is 16.1 Å². The third-order valence-corrected chi connectivity index (χ3v) is 6.15. The van der Waals surface area contributed by atoms with Crippen LogP contribution in [-0.4, -0.2) is 51.5 Å². The van der Waals surface area contributed by atoms with Crippen molar-refractivity contribution in [1.29, 1.82) is 0 Å². The average molecular weight is 496 g/mol. The molecule has 9 heteroatoms. The molecule has 35 heavy (non-hydrogen) atoms. The predicted octanol–water partition coefficient (Wildman–Crippen LogP) is 4.46. The molecule has 8 nitrogen and oxygen atoms in total. The van der Waals surface area contributed by atoms with Gasteiger partial charge in [0, 0.05) is 31.0 Å². The summed E-state index contributed by atoms with van der Waals surface area (Å²) in [5.41, 5.74) is 1.03. The SMILES string of the molecule is CCOc1ccc(/C(O)=C2\C(=O)C(=O)N(CCCn3ccnc3)C2c2ccc(OC)cc2)cc1Cl. The first-order valence-corrected chi connectivity index (χ1v) is 11.6. The molecule has 0 bridgehead atoms. The molecule has 1 atom stereocenters. The molecule has 0 saturated carbocycles. The first-order valence-electron chi connectivity index (χ1n) is 11.3. The van der Waals surface area contributed by atoms with Gasteiger partial charge in [-0.25, -0.2) is 4.98 Å². The van der Waals surface area contributed by atoms with Gasteiger partial charge in [0.15, 0.2) is 0 Å². The summed E-state index contributed by atoms with van der Waals surface area (Å²) in [6, 6.07) is 11.1. The summed E-state index contributed by atoms with van der Waals surface area (Å²) in [4.78, 5) is 31.8. The maximum atomic E-state index is 13.2. The molecule has 1 N–H and O–H groups in total. The van der Waals surface area contributed by atoms with Gasteiger partial charge in [0.2, 0.25) is 0 Å². The Hall–Kier alpha value is -3.78. The number of aliphatic hydroxyl groups excluding tert-OH is 1. The van der Waals surface area contributed by atoms with Gasteiger partial charge in [-0.3, -0.25) is 9.59 Å². The number of amides is 1. The van der Waals surface area contributed by atoms with E-state index in [0.717, 1.165) is 0 Å². The lowest BCUT2D eigenvalue weighted by molar-refractivity contribution is -0.139. The maximum absolute atomic E-state index is 13.2. The van der Waals surface area contributed by atoms with E-state index in [1.807, 2.05) is 17.7 Å². The van der Waals surface area contributed by atoms with Gasteiger partial charge in [-0.1, -0.05) is 23.7 Å². The molecule has 1 saturated heterocycles. The van der Waals surface area contributed by atoms with Crippen molar-refractivity contribution in [2.24, 2.45) is 0 Å². The van der Waals surface area contributed by atoms with Crippen LogP contribution in [0.1, 0.15) is 30.5 Å². The van der Waals surface area contributed by atoms with Gasteiger partial charge in [0.05, 0.1) is 36.7 Å². The standard InChI is InChI=1S/C26H26ClN3O5/c1-3-35-21-10-7-18(15-20(21)27)24(31)22-23(17-5-8-19(34-2)9-6-17)30(26(33)25(22)32)13-4-12-29-14-11-28-16-29/h5-11,14-16,23,31H,3-4,12-13H2,1-2H3/b24-22+. The van der Waals surface area contributed by atoms with Crippen molar-refractivity contribution in [2.75, 3.05) is 20.3 Å². The van der Waals surface area contributed by atoms with Crippen molar-refractivity contribution in [3.05, 3.63) is 82.9 Å². The summed E-state index contributed by atoms with van der Waals surface area (Å²) in [5, 5.41) is 11.5. The molecule has 1 fully saturated rings. The first kappa shape index (κ1) is 24.3. The van der Waals surface area contributed by atoms with Crippen molar-refractivity contribution >= 4 is 29.1 Å². The van der Waals surface area contributed by atoms with Crippen LogP contribution in [0.2, 0.25) is 5.02 Å². The number of likely N-dealkylation sites (tertiary alicyclic amines) is 1. The van der Waals surface area contributed by atoms with E-state index in [9.17, 15) is 14.7 Å². The number of ketones is 1. The number of hydrogen-bond donors (Lipinski definition) is 1. The smallest absolute Gasteiger partial charge is 0.295 e. The maximum Gasteiger partial charge on any atom is 0.295 e. The van der Waals surface area contributed by atoms with E-state index in [1.54, 1.807) is 56.0 Å². The Morgan fingerprint density at radius 3 is 2.54 bits per heavy atom. The molecule has 2 heterocycles. The van der Waals surface area contributed by atoms with Crippen molar-refractivity contribution in [3.8, 4) is 11.5 Å². The van der Waals surface area contributed by atoms with Crippen LogP contribution < -0.4 is 9.47 Å². The molecular formula is C26H26ClN3O5. The van der Waals surface area contributed by atoms with Gasteiger partial charge in [-0.15, -0.1) is 0 Å². The minimum atomic E-state index is -0.756. The highest BCUT2D eigenvalue weighted by Gasteiger charge is 2.45. The Kier molecular flexibility index (Phi) is 7.41. The molecular weight excluding hydrogens is 470 g/mol. The Bertz CT molecular complexity index is 1240. The van der Waals surface area contributed by atoms with Crippen LogP contribution >= 0.6 is 11.6 Å². The quantitative estimate of drug-likeness (QED) is 0.268. The van der Waals surface area contributed by atoms with Crippen molar-refractivity contribution in [3.63, 3.8) is 0 Å². The number of carbonyl (C=O) groups excluding carboxylic acids is 2. The molecule has 1 amide bonds. The van der Waals surface area contributed by atoms with E-state index in [4.69, 9.17) is 21.1 Å². The highest BCUT2D eigenvalue weighted by molar-refractivity contribution is 6.46. The minimum Gasteiger partial charge on any atom is -0.507 e. The van der Waals surface area contributed by atoms with Gasteiger partial charge in [-0.2, -0.15) is 0 Å². The second kappa shape index (κ2) is 10.7. The molecule has 182 valence electrons. The number of carbonyl (C=O) groups is 2. The minimum absolute atomic E-state index is 0.0167. The number of aryl methyl sites for hydroxylation is 1. The number of Topliss-reactive ketones (excluding diaryl/α,β-unsaturated/α-hetero) is 1. The normalized spacial score (nSPS) is 17.1. The zero-order valence-corrected chi connectivity index (χ0v) is 20.2. The number of imidazole rings is 1. The molecule has 0 spiro atoms. The molecule has 0 radical (unpaired) electrons. The second-order valence-electron chi connectivity index (χ2n) is 8.00. The summed E-state index contributed by atoms with van der Waals surface area (Å²) in [7, 11) is 1.56. The topological polar surface area (TPSA) is 93.9 Å². The van der Waals surface area contributed by atoms with E-state index in [1.165, 1.54) is 11.0 Å².